The Balaban J connectivity index is 0.00000414. The SMILES string of the molecule is CC.COc1ccc(CC2c3cc(OC)c(OC)cc3CCN2CCC(=O)OCCCCCOC(=O)CCN2CCc3cc(OC)c(OC)cc3C2Cc2ccc(OC)c(OC)c2)cc1OC. The molecule has 0 fully saturated rings. The van der Waals surface area contributed by atoms with Crippen molar-refractivity contribution >= 4 is 11.9 Å². The van der Waals surface area contributed by atoms with Gasteiger partial charge in [-0.15, -0.1) is 0 Å². The number of benzene rings is 4. The van der Waals surface area contributed by atoms with Crippen molar-refractivity contribution in [1.29, 1.82) is 0 Å². The van der Waals surface area contributed by atoms with Crippen LogP contribution in [0.3, 0.4) is 0 Å². The Bertz CT molecular complexity index is 2060. The van der Waals surface area contributed by atoms with E-state index in [1.165, 1.54) is 11.1 Å². The zero-order chi connectivity index (χ0) is 48.3. The third-order valence-corrected chi connectivity index (χ3v) is 12.5. The highest BCUT2D eigenvalue weighted by Crippen LogP contribution is 2.42. The Morgan fingerprint density at radius 3 is 1.16 bits per heavy atom. The van der Waals surface area contributed by atoms with Crippen molar-refractivity contribution in [3.05, 3.63) is 94.0 Å². The van der Waals surface area contributed by atoms with Gasteiger partial charge in [0.25, 0.3) is 0 Å². The summed E-state index contributed by atoms with van der Waals surface area (Å²) in [5.74, 6) is 4.96. The van der Waals surface area contributed by atoms with Gasteiger partial charge in [-0.05, 0) is 127 Å². The second-order valence-corrected chi connectivity index (χ2v) is 16.2. The molecule has 0 bridgehead atoms. The maximum atomic E-state index is 13.0. The van der Waals surface area contributed by atoms with Crippen molar-refractivity contribution < 1.29 is 57.0 Å². The molecule has 366 valence electrons. The lowest BCUT2D eigenvalue weighted by molar-refractivity contribution is -0.144. The highest BCUT2D eigenvalue weighted by Gasteiger charge is 2.32. The Hall–Kier alpha value is -5.86. The quantitative estimate of drug-likeness (QED) is 0.0490. The largest absolute Gasteiger partial charge is 0.493 e. The van der Waals surface area contributed by atoms with Crippen LogP contribution in [0, 0.1) is 0 Å². The fourth-order valence-electron chi connectivity index (χ4n) is 9.00. The molecule has 6 rings (SSSR count). The standard InChI is InChI=1S/C51H66N2O12.C2H6/c1-56-42-14-12-34(28-44(42)58-3)26-40-38-32-48(62-7)46(60-5)30-36(38)16-20-52(40)22-18-50(54)64-24-10-9-11-25-65-51(55)19-23-53-21-17-37-31-47(61-6)49(63-8)33-39(37)41(53)27-35-13-15-43(57-2)45(29-35)59-4;1-2/h12-15,28-33,40-41H,9-11,16-27H2,1-8H3;1-2H3. The first-order valence-electron chi connectivity index (χ1n) is 23.4. The number of methoxy groups -OCH3 is 8. The van der Waals surface area contributed by atoms with E-state index in [1.54, 1.807) is 56.9 Å². The first-order chi connectivity index (χ1) is 32.7. The number of rotatable bonds is 24. The van der Waals surface area contributed by atoms with Crippen LogP contribution in [0.5, 0.6) is 46.0 Å². The first kappa shape index (κ1) is 52.1. The van der Waals surface area contributed by atoms with Gasteiger partial charge in [-0.2, -0.15) is 0 Å². The van der Waals surface area contributed by atoms with Crippen molar-refractivity contribution in [3.8, 4) is 46.0 Å². The van der Waals surface area contributed by atoms with E-state index >= 15 is 0 Å². The molecule has 14 heteroatoms. The molecule has 0 aromatic heterocycles. The van der Waals surface area contributed by atoms with E-state index in [-0.39, 0.29) is 36.9 Å². The lowest BCUT2D eigenvalue weighted by Gasteiger charge is -2.38. The van der Waals surface area contributed by atoms with E-state index in [4.69, 9.17) is 47.4 Å². The van der Waals surface area contributed by atoms with Gasteiger partial charge in [-0.3, -0.25) is 19.4 Å². The third kappa shape index (κ3) is 13.6. The minimum Gasteiger partial charge on any atom is -0.493 e. The molecule has 2 aliphatic heterocycles. The third-order valence-electron chi connectivity index (χ3n) is 12.5. The van der Waals surface area contributed by atoms with Crippen LogP contribution in [0.15, 0.2) is 60.7 Å². The van der Waals surface area contributed by atoms with Crippen LogP contribution in [0.1, 0.15) is 91.4 Å². The second-order valence-electron chi connectivity index (χ2n) is 16.2. The fraction of sp³-hybridized carbons (Fsp3) is 0.509. The van der Waals surface area contributed by atoms with E-state index in [2.05, 4.69) is 34.1 Å². The van der Waals surface area contributed by atoms with E-state index in [1.807, 2.05) is 50.2 Å². The molecule has 0 spiro atoms. The summed E-state index contributed by atoms with van der Waals surface area (Å²) in [5.41, 5.74) is 6.86. The van der Waals surface area contributed by atoms with Gasteiger partial charge in [-0.25, -0.2) is 0 Å². The van der Waals surface area contributed by atoms with Crippen LogP contribution in [0.4, 0.5) is 0 Å². The second kappa shape index (κ2) is 26.5. The molecule has 0 saturated heterocycles. The average molecular weight is 929 g/mol. The molecule has 0 saturated carbocycles. The summed E-state index contributed by atoms with van der Waals surface area (Å²) >= 11 is 0. The number of hydrogen-bond acceptors (Lipinski definition) is 14. The van der Waals surface area contributed by atoms with Crippen LogP contribution >= 0.6 is 0 Å². The summed E-state index contributed by atoms with van der Waals surface area (Å²) in [6.07, 6.45) is 5.69. The molecule has 0 aliphatic carbocycles. The zero-order valence-corrected chi connectivity index (χ0v) is 41.3. The molecule has 4 aromatic carbocycles. The van der Waals surface area contributed by atoms with Crippen molar-refractivity contribution in [1.82, 2.24) is 9.80 Å². The Labute approximate surface area is 397 Å². The van der Waals surface area contributed by atoms with Gasteiger partial charge in [-0.1, -0.05) is 26.0 Å². The molecule has 14 nitrogen and oxygen atoms in total. The van der Waals surface area contributed by atoms with Gasteiger partial charge in [0.15, 0.2) is 46.0 Å². The molecule has 0 N–H and O–H groups in total. The summed E-state index contributed by atoms with van der Waals surface area (Å²) < 4.78 is 56.1. The molecule has 2 heterocycles. The predicted octanol–water partition coefficient (Wildman–Crippen LogP) is 8.80. The molecule has 0 amide bonds. The smallest absolute Gasteiger partial charge is 0.307 e. The Morgan fingerprint density at radius 2 is 0.806 bits per heavy atom. The number of carbonyl (C=O) groups excluding carboxylic acids is 2. The van der Waals surface area contributed by atoms with Crippen molar-refractivity contribution in [2.75, 3.05) is 96.3 Å². The Morgan fingerprint density at radius 1 is 0.463 bits per heavy atom. The number of nitrogens with zero attached hydrogens (tertiary/aromatic N) is 2. The number of fused-ring (bicyclic) bond motifs is 2. The topological polar surface area (TPSA) is 133 Å². The molecule has 0 radical (unpaired) electrons. The van der Waals surface area contributed by atoms with Crippen LogP contribution in [-0.2, 0) is 44.7 Å². The van der Waals surface area contributed by atoms with Gasteiger partial charge >= 0.3 is 11.9 Å². The maximum Gasteiger partial charge on any atom is 0.307 e. The normalized spacial score (nSPS) is 15.4. The molecule has 2 atom stereocenters. The van der Waals surface area contributed by atoms with Crippen LogP contribution in [0.2, 0.25) is 0 Å². The summed E-state index contributed by atoms with van der Waals surface area (Å²) in [5, 5.41) is 0. The highest BCUT2D eigenvalue weighted by molar-refractivity contribution is 5.70. The molecule has 2 aliphatic rings. The molecule has 2 unspecified atom stereocenters. The van der Waals surface area contributed by atoms with Crippen LogP contribution in [-0.4, -0.2) is 118 Å². The lowest BCUT2D eigenvalue weighted by Crippen LogP contribution is -2.38. The van der Waals surface area contributed by atoms with E-state index in [9.17, 15) is 9.59 Å². The van der Waals surface area contributed by atoms with Gasteiger partial charge in [0.1, 0.15) is 0 Å². The summed E-state index contributed by atoms with van der Waals surface area (Å²) in [7, 11) is 13.1. The lowest BCUT2D eigenvalue weighted by atomic mass is 9.88. The van der Waals surface area contributed by atoms with Crippen molar-refractivity contribution in [2.24, 2.45) is 0 Å². The maximum absolute atomic E-state index is 13.0. The van der Waals surface area contributed by atoms with Crippen LogP contribution < -0.4 is 37.9 Å². The summed E-state index contributed by atoms with van der Waals surface area (Å²) in [6, 6.07) is 20.2. The van der Waals surface area contributed by atoms with Crippen molar-refractivity contribution in [2.45, 2.75) is 83.7 Å². The number of hydrogen-bond donors (Lipinski definition) is 0. The number of unbranched alkanes of at least 4 members (excludes halogenated alkanes) is 2. The predicted molar refractivity (Wildman–Crippen MR) is 258 cm³/mol. The van der Waals surface area contributed by atoms with Gasteiger partial charge in [0.05, 0.1) is 82.9 Å². The van der Waals surface area contributed by atoms with Crippen LogP contribution in [0.25, 0.3) is 0 Å². The van der Waals surface area contributed by atoms with Crippen molar-refractivity contribution in [3.63, 3.8) is 0 Å². The average Bonchev–Trinajstić information content (AvgIpc) is 3.37. The van der Waals surface area contributed by atoms with E-state index in [0.29, 0.717) is 98.0 Å². The van der Waals surface area contributed by atoms with Gasteiger partial charge in [0, 0.05) is 38.3 Å². The number of esters is 2. The number of carbonyl (C=O) groups is 2. The summed E-state index contributed by atoms with van der Waals surface area (Å²) in [6.45, 7) is 7.29. The molecular formula is C53H72N2O12. The minimum absolute atomic E-state index is 0.0112. The molecular weight excluding hydrogens is 857 g/mol. The van der Waals surface area contributed by atoms with E-state index in [0.717, 1.165) is 54.6 Å². The monoisotopic (exact) mass is 929 g/mol. The highest BCUT2D eigenvalue weighted by atomic mass is 16.5. The van der Waals surface area contributed by atoms with Gasteiger partial charge in [0.2, 0.25) is 0 Å². The first-order valence-corrected chi connectivity index (χ1v) is 23.4. The molecule has 67 heavy (non-hydrogen) atoms. The molecule has 4 aromatic rings. The number of ether oxygens (including phenoxy) is 10. The summed E-state index contributed by atoms with van der Waals surface area (Å²) in [4.78, 5) is 30.7. The van der Waals surface area contributed by atoms with Gasteiger partial charge < -0.3 is 47.4 Å². The zero-order valence-electron chi connectivity index (χ0n) is 41.3. The minimum atomic E-state index is -0.234. The van der Waals surface area contributed by atoms with E-state index < -0.39 is 0 Å². The fourth-order valence-corrected chi connectivity index (χ4v) is 9.00. The Kier molecular flexibility index (Phi) is 20.6.